The highest BCUT2D eigenvalue weighted by Crippen LogP contribution is 2.26. The van der Waals surface area contributed by atoms with Crippen LogP contribution < -0.4 is 4.74 Å². The molecule has 6 heteroatoms. The van der Waals surface area contributed by atoms with E-state index in [4.69, 9.17) is 4.74 Å². The Kier molecular flexibility index (Phi) is 5.02. The lowest BCUT2D eigenvalue weighted by molar-refractivity contribution is -0.138. The van der Waals surface area contributed by atoms with Crippen molar-refractivity contribution in [2.24, 2.45) is 0 Å². The van der Waals surface area contributed by atoms with E-state index in [1.165, 1.54) is 0 Å². The lowest BCUT2D eigenvalue weighted by Crippen LogP contribution is -2.17. The standard InChI is InChI=1S/C20H20N2O4/c1-3-26-17-10-7-11-22-18(13(2)21-19(17)22)16(23)12-15(20(24)25)14-8-5-4-6-9-14/h4-11,15H,3,12H2,1-2H3,(H,24,25)/t15-/m0/s1. The molecule has 0 saturated carbocycles. The number of carbonyl (C=O) groups is 2. The smallest absolute Gasteiger partial charge is 0.311 e. The number of benzene rings is 1. The Labute approximate surface area is 151 Å². The third-order valence-electron chi connectivity index (χ3n) is 4.24. The summed E-state index contributed by atoms with van der Waals surface area (Å²) in [5.41, 5.74) is 2.11. The number of aliphatic carboxylic acids is 1. The van der Waals surface area contributed by atoms with Gasteiger partial charge < -0.3 is 9.84 Å². The van der Waals surface area contributed by atoms with E-state index >= 15 is 0 Å². The predicted molar refractivity (Wildman–Crippen MR) is 96.9 cm³/mol. The zero-order valence-corrected chi connectivity index (χ0v) is 14.7. The van der Waals surface area contributed by atoms with E-state index in [0.717, 1.165) is 0 Å². The zero-order chi connectivity index (χ0) is 18.7. The van der Waals surface area contributed by atoms with Gasteiger partial charge in [0.15, 0.2) is 17.2 Å². The molecule has 6 nitrogen and oxygen atoms in total. The molecule has 1 atom stereocenters. The van der Waals surface area contributed by atoms with Gasteiger partial charge in [0.1, 0.15) is 5.69 Å². The van der Waals surface area contributed by atoms with E-state index in [9.17, 15) is 14.7 Å². The molecular formula is C20H20N2O4. The van der Waals surface area contributed by atoms with Crippen LogP contribution in [0.3, 0.4) is 0 Å². The Morgan fingerprint density at radius 3 is 2.58 bits per heavy atom. The first kappa shape index (κ1) is 17.7. The number of fused-ring (bicyclic) bond motifs is 1. The summed E-state index contributed by atoms with van der Waals surface area (Å²) in [4.78, 5) is 29.1. The second-order valence-corrected chi connectivity index (χ2v) is 5.97. The van der Waals surface area contributed by atoms with Crippen LogP contribution in [0.15, 0.2) is 48.7 Å². The maximum Gasteiger partial charge on any atom is 0.311 e. The summed E-state index contributed by atoms with van der Waals surface area (Å²) in [5, 5.41) is 9.58. The summed E-state index contributed by atoms with van der Waals surface area (Å²) in [6, 6.07) is 12.4. The Bertz CT molecular complexity index is 947. The Balaban J connectivity index is 1.98. The second-order valence-electron chi connectivity index (χ2n) is 5.97. The van der Waals surface area contributed by atoms with Gasteiger partial charge in [-0.2, -0.15) is 0 Å². The maximum atomic E-state index is 12.9. The van der Waals surface area contributed by atoms with Crippen LogP contribution in [0.1, 0.15) is 41.0 Å². The van der Waals surface area contributed by atoms with E-state index in [0.29, 0.717) is 35.0 Å². The van der Waals surface area contributed by atoms with Crippen molar-refractivity contribution in [1.82, 2.24) is 9.38 Å². The summed E-state index contributed by atoms with van der Waals surface area (Å²) in [7, 11) is 0. The largest absolute Gasteiger partial charge is 0.490 e. The molecule has 0 saturated heterocycles. The number of Topliss-reactive ketones (excluding diaryl/α,β-unsaturated/α-hetero) is 1. The van der Waals surface area contributed by atoms with Crippen LogP contribution in [0.2, 0.25) is 0 Å². The van der Waals surface area contributed by atoms with Crippen molar-refractivity contribution in [3.8, 4) is 5.75 Å². The fourth-order valence-corrected chi connectivity index (χ4v) is 3.08. The van der Waals surface area contributed by atoms with Crippen LogP contribution in [0.25, 0.3) is 5.65 Å². The normalized spacial score (nSPS) is 12.1. The third kappa shape index (κ3) is 3.31. The van der Waals surface area contributed by atoms with Crippen LogP contribution in [0, 0.1) is 6.92 Å². The molecule has 0 aliphatic rings. The first-order valence-corrected chi connectivity index (χ1v) is 8.44. The number of carboxylic acid groups (broad SMARTS) is 1. The van der Waals surface area contributed by atoms with Crippen LogP contribution >= 0.6 is 0 Å². The van der Waals surface area contributed by atoms with Crippen molar-refractivity contribution >= 4 is 17.4 Å². The molecule has 26 heavy (non-hydrogen) atoms. The minimum atomic E-state index is -1.02. The molecule has 0 fully saturated rings. The Morgan fingerprint density at radius 2 is 1.92 bits per heavy atom. The maximum absolute atomic E-state index is 12.9. The van der Waals surface area contributed by atoms with E-state index in [2.05, 4.69) is 4.98 Å². The average Bonchev–Trinajstić information content (AvgIpc) is 2.97. The molecule has 0 unspecified atom stereocenters. The number of nitrogens with zero attached hydrogens (tertiary/aromatic N) is 2. The van der Waals surface area contributed by atoms with Crippen LogP contribution in [-0.2, 0) is 4.79 Å². The molecule has 1 N–H and O–H groups in total. The van der Waals surface area contributed by atoms with Crippen molar-refractivity contribution in [1.29, 1.82) is 0 Å². The van der Waals surface area contributed by atoms with E-state index < -0.39 is 11.9 Å². The Morgan fingerprint density at radius 1 is 1.19 bits per heavy atom. The van der Waals surface area contributed by atoms with Crippen molar-refractivity contribution in [2.45, 2.75) is 26.2 Å². The van der Waals surface area contributed by atoms with Gasteiger partial charge >= 0.3 is 5.97 Å². The molecule has 0 aliphatic carbocycles. The number of aromatic nitrogens is 2. The molecule has 134 valence electrons. The molecular weight excluding hydrogens is 332 g/mol. The van der Waals surface area contributed by atoms with E-state index in [1.54, 1.807) is 53.9 Å². The highest BCUT2D eigenvalue weighted by Gasteiger charge is 2.27. The fourth-order valence-electron chi connectivity index (χ4n) is 3.08. The summed E-state index contributed by atoms with van der Waals surface area (Å²) in [5.74, 6) is -1.59. The van der Waals surface area contributed by atoms with Gasteiger partial charge in [-0.1, -0.05) is 30.3 Å². The van der Waals surface area contributed by atoms with E-state index in [-0.39, 0.29) is 12.2 Å². The molecule has 0 spiro atoms. The van der Waals surface area contributed by atoms with Gasteiger partial charge in [0.05, 0.1) is 18.2 Å². The number of ether oxygens (including phenoxy) is 1. The minimum absolute atomic E-state index is 0.132. The molecule has 1 aromatic carbocycles. The number of hydrogen-bond donors (Lipinski definition) is 1. The number of pyridine rings is 1. The van der Waals surface area contributed by atoms with Gasteiger partial charge in [-0.3, -0.25) is 14.0 Å². The summed E-state index contributed by atoms with van der Waals surface area (Å²) < 4.78 is 7.24. The first-order valence-electron chi connectivity index (χ1n) is 8.44. The van der Waals surface area contributed by atoms with Gasteiger partial charge in [-0.05, 0) is 31.5 Å². The monoisotopic (exact) mass is 352 g/mol. The average molecular weight is 352 g/mol. The summed E-state index contributed by atoms with van der Waals surface area (Å²) in [6.45, 7) is 4.11. The number of carboxylic acids is 1. The molecule has 0 aliphatic heterocycles. The molecule has 2 heterocycles. The number of rotatable bonds is 7. The SMILES string of the molecule is CCOc1cccn2c(C(=O)C[C@H](C(=O)O)c3ccccc3)c(C)nc12. The van der Waals surface area contributed by atoms with Gasteiger partial charge in [-0.15, -0.1) is 0 Å². The number of imidazole rings is 1. The number of ketones is 1. The number of carbonyl (C=O) groups excluding carboxylic acids is 1. The quantitative estimate of drug-likeness (QED) is 0.658. The van der Waals surface area contributed by atoms with Gasteiger partial charge in [-0.25, -0.2) is 4.98 Å². The predicted octanol–water partition coefficient (Wildman–Crippen LogP) is 3.48. The third-order valence-corrected chi connectivity index (χ3v) is 4.24. The molecule has 2 aromatic heterocycles. The number of hydrogen-bond acceptors (Lipinski definition) is 4. The molecule has 0 amide bonds. The van der Waals surface area contributed by atoms with Crippen LogP contribution in [-0.4, -0.2) is 32.9 Å². The topological polar surface area (TPSA) is 80.9 Å². The first-order chi connectivity index (χ1) is 12.5. The van der Waals surface area contributed by atoms with Gasteiger partial charge in [0.25, 0.3) is 0 Å². The second kappa shape index (κ2) is 7.39. The van der Waals surface area contributed by atoms with Crippen molar-refractivity contribution in [2.75, 3.05) is 6.61 Å². The Hall–Kier alpha value is -3.15. The number of aryl methyl sites for hydroxylation is 1. The lowest BCUT2D eigenvalue weighted by Gasteiger charge is -2.12. The van der Waals surface area contributed by atoms with Crippen LogP contribution in [0.4, 0.5) is 0 Å². The van der Waals surface area contributed by atoms with E-state index in [1.807, 2.05) is 13.0 Å². The fraction of sp³-hybridized carbons (Fsp3) is 0.250. The molecule has 3 rings (SSSR count). The van der Waals surface area contributed by atoms with Crippen molar-refractivity contribution in [3.63, 3.8) is 0 Å². The highest BCUT2D eigenvalue weighted by molar-refractivity contribution is 5.99. The summed E-state index contributed by atoms with van der Waals surface area (Å²) >= 11 is 0. The zero-order valence-electron chi connectivity index (χ0n) is 14.7. The highest BCUT2D eigenvalue weighted by atomic mass is 16.5. The lowest BCUT2D eigenvalue weighted by atomic mass is 9.92. The summed E-state index contributed by atoms with van der Waals surface area (Å²) in [6.07, 6.45) is 1.61. The molecule has 3 aromatic rings. The van der Waals surface area contributed by atoms with Crippen molar-refractivity contribution in [3.05, 3.63) is 65.6 Å². The minimum Gasteiger partial charge on any atom is -0.490 e. The molecule has 0 bridgehead atoms. The van der Waals surface area contributed by atoms with Crippen LogP contribution in [0.5, 0.6) is 5.75 Å². The molecule has 0 radical (unpaired) electrons. The van der Waals surface area contributed by atoms with Crippen molar-refractivity contribution < 1.29 is 19.4 Å². The van der Waals surface area contributed by atoms with Gasteiger partial charge in [0.2, 0.25) is 0 Å². The van der Waals surface area contributed by atoms with Gasteiger partial charge in [0, 0.05) is 12.6 Å².